The Morgan fingerprint density at radius 3 is 2.48 bits per heavy atom. The van der Waals surface area contributed by atoms with Crippen LogP contribution in [0.25, 0.3) is 6.08 Å². The van der Waals surface area contributed by atoms with E-state index in [4.69, 9.17) is 21.1 Å². The third-order valence-electron chi connectivity index (χ3n) is 4.53. The zero-order valence-electron chi connectivity index (χ0n) is 15.8. The maximum absolute atomic E-state index is 12.2. The van der Waals surface area contributed by atoms with Crippen LogP contribution in [0.3, 0.4) is 0 Å². The summed E-state index contributed by atoms with van der Waals surface area (Å²) in [4.78, 5) is 16.6. The van der Waals surface area contributed by atoms with Gasteiger partial charge in [-0.1, -0.05) is 60.1 Å². The number of carbonyl (C=O) groups is 1. The number of aliphatic imine (C=N–C) groups is 1. The molecule has 1 aliphatic heterocycles. The summed E-state index contributed by atoms with van der Waals surface area (Å²) in [7, 11) is 0. The Hall–Kier alpha value is -3.37. The van der Waals surface area contributed by atoms with Crippen molar-refractivity contribution in [2.75, 3.05) is 0 Å². The summed E-state index contributed by atoms with van der Waals surface area (Å²) in [5.41, 5.74) is 3.84. The molecule has 0 N–H and O–H groups in total. The van der Waals surface area contributed by atoms with Gasteiger partial charge in [0.25, 0.3) is 0 Å². The molecule has 0 unspecified atom stereocenters. The molecule has 0 fully saturated rings. The lowest BCUT2D eigenvalue weighted by molar-refractivity contribution is -0.129. The molecule has 3 aromatic rings. The minimum atomic E-state index is -0.456. The molecule has 0 saturated heterocycles. The van der Waals surface area contributed by atoms with Crippen LogP contribution in [0.2, 0.25) is 5.02 Å². The number of cyclic esters (lactones) is 1. The number of nitrogens with zero attached hydrogens (tertiary/aromatic N) is 1. The van der Waals surface area contributed by atoms with Gasteiger partial charge < -0.3 is 9.47 Å². The minimum Gasteiger partial charge on any atom is -0.489 e. The second-order valence-electron chi connectivity index (χ2n) is 6.60. The summed E-state index contributed by atoms with van der Waals surface area (Å²) in [5.74, 6) is 0.589. The van der Waals surface area contributed by atoms with Crippen LogP contribution >= 0.6 is 11.6 Å². The van der Waals surface area contributed by atoms with Gasteiger partial charge >= 0.3 is 5.97 Å². The summed E-state index contributed by atoms with van der Waals surface area (Å²) in [6.07, 6.45) is 1.70. The lowest BCUT2D eigenvalue weighted by Gasteiger charge is -2.07. The number of ether oxygens (including phenoxy) is 2. The van der Waals surface area contributed by atoms with E-state index in [1.165, 1.54) is 0 Å². The monoisotopic (exact) mass is 403 g/mol. The zero-order chi connectivity index (χ0) is 20.2. The maximum Gasteiger partial charge on any atom is 0.363 e. The highest BCUT2D eigenvalue weighted by atomic mass is 35.5. The van der Waals surface area contributed by atoms with E-state index in [1.807, 2.05) is 79.7 Å². The van der Waals surface area contributed by atoms with E-state index in [9.17, 15) is 4.79 Å². The molecule has 0 bridgehead atoms. The van der Waals surface area contributed by atoms with Crippen LogP contribution in [0.1, 0.15) is 22.3 Å². The van der Waals surface area contributed by atoms with Crippen molar-refractivity contribution in [1.82, 2.24) is 0 Å². The summed E-state index contributed by atoms with van der Waals surface area (Å²) in [6, 6.07) is 22.6. The number of hydrogen-bond donors (Lipinski definition) is 0. The van der Waals surface area contributed by atoms with Gasteiger partial charge in [0.2, 0.25) is 5.90 Å². The Kier molecular flexibility index (Phi) is 5.45. The molecule has 3 aromatic carbocycles. The highest BCUT2D eigenvalue weighted by Crippen LogP contribution is 2.23. The number of rotatable bonds is 5. The van der Waals surface area contributed by atoms with Gasteiger partial charge in [0.05, 0.1) is 0 Å². The van der Waals surface area contributed by atoms with Crippen LogP contribution in [0.15, 0.2) is 83.5 Å². The van der Waals surface area contributed by atoms with Crippen LogP contribution in [0.5, 0.6) is 5.75 Å². The van der Waals surface area contributed by atoms with Crippen molar-refractivity contribution in [3.8, 4) is 5.75 Å². The molecule has 4 nitrogen and oxygen atoms in total. The van der Waals surface area contributed by atoms with Crippen LogP contribution in [0.4, 0.5) is 0 Å². The maximum atomic E-state index is 12.2. The largest absolute Gasteiger partial charge is 0.489 e. The molecule has 0 atom stereocenters. The Morgan fingerprint density at radius 2 is 1.72 bits per heavy atom. The number of aryl methyl sites for hydroxylation is 1. The Balaban J connectivity index is 1.48. The van der Waals surface area contributed by atoms with Gasteiger partial charge in [0.1, 0.15) is 12.4 Å². The molecular weight excluding hydrogens is 386 g/mol. The van der Waals surface area contributed by atoms with Gasteiger partial charge in [-0.05, 0) is 48.4 Å². The fourth-order valence-electron chi connectivity index (χ4n) is 2.93. The van der Waals surface area contributed by atoms with Crippen LogP contribution in [-0.4, -0.2) is 11.9 Å². The Morgan fingerprint density at radius 1 is 1.00 bits per heavy atom. The van der Waals surface area contributed by atoms with Crippen LogP contribution < -0.4 is 4.74 Å². The second-order valence-corrected chi connectivity index (χ2v) is 7.01. The summed E-state index contributed by atoms with van der Waals surface area (Å²) in [5, 5.41) is 0.677. The number of hydrogen-bond acceptors (Lipinski definition) is 4. The predicted molar refractivity (Wildman–Crippen MR) is 114 cm³/mol. The Bertz CT molecular complexity index is 1120. The van der Waals surface area contributed by atoms with Crippen LogP contribution in [0, 0.1) is 6.92 Å². The summed E-state index contributed by atoms with van der Waals surface area (Å²) in [6.45, 7) is 2.34. The van der Waals surface area contributed by atoms with Crippen molar-refractivity contribution in [3.63, 3.8) is 0 Å². The van der Waals surface area contributed by atoms with Crippen molar-refractivity contribution in [1.29, 1.82) is 0 Å². The third kappa shape index (κ3) is 4.39. The van der Waals surface area contributed by atoms with E-state index in [0.717, 1.165) is 22.3 Å². The van der Waals surface area contributed by atoms with E-state index in [-0.39, 0.29) is 5.70 Å². The average molecular weight is 404 g/mol. The molecule has 4 rings (SSSR count). The molecule has 0 spiro atoms. The summed E-state index contributed by atoms with van der Waals surface area (Å²) < 4.78 is 11.1. The van der Waals surface area contributed by atoms with Crippen molar-refractivity contribution < 1.29 is 14.3 Å². The molecule has 29 heavy (non-hydrogen) atoms. The lowest BCUT2D eigenvalue weighted by Crippen LogP contribution is -2.06. The third-order valence-corrected chi connectivity index (χ3v) is 4.90. The Labute approximate surface area is 174 Å². The number of carbonyl (C=O) groups excluding carboxylic acids is 1. The molecular formula is C24H18ClNO3. The van der Waals surface area contributed by atoms with Crippen molar-refractivity contribution >= 4 is 29.5 Å². The van der Waals surface area contributed by atoms with E-state index in [0.29, 0.717) is 23.3 Å². The van der Waals surface area contributed by atoms with Crippen molar-refractivity contribution in [2.24, 2.45) is 4.99 Å². The zero-order valence-corrected chi connectivity index (χ0v) is 16.5. The summed E-state index contributed by atoms with van der Waals surface area (Å²) >= 11 is 6.15. The van der Waals surface area contributed by atoms with E-state index in [1.54, 1.807) is 6.08 Å². The number of halogens is 1. The highest BCUT2D eigenvalue weighted by Gasteiger charge is 2.24. The molecule has 5 heteroatoms. The van der Waals surface area contributed by atoms with Gasteiger partial charge in [0, 0.05) is 16.1 Å². The normalized spacial score (nSPS) is 14.6. The number of benzene rings is 3. The first-order chi connectivity index (χ1) is 14.1. The molecule has 0 amide bonds. The van der Waals surface area contributed by atoms with E-state index in [2.05, 4.69) is 4.99 Å². The first-order valence-electron chi connectivity index (χ1n) is 9.15. The van der Waals surface area contributed by atoms with Gasteiger partial charge in [-0.15, -0.1) is 0 Å². The topological polar surface area (TPSA) is 47.9 Å². The average Bonchev–Trinajstić information content (AvgIpc) is 3.09. The molecule has 1 heterocycles. The van der Waals surface area contributed by atoms with Gasteiger partial charge in [-0.25, -0.2) is 9.79 Å². The smallest absolute Gasteiger partial charge is 0.363 e. The molecule has 0 aromatic heterocycles. The van der Waals surface area contributed by atoms with E-state index < -0.39 is 5.97 Å². The molecule has 0 saturated carbocycles. The molecule has 0 aliphatic carbocycles. The molecule has 0 radical (unpaired) electrons. The van der Waals surface area contributed by atoms with E-state index >= 15 is 0 Å². The molecule has 144 valence electrons. The first kappa shape index (κ1) is 19.0. The van der Waals surface area contributed by atoms with Crippen LogP contribution in [-0.2, 0) is 16.1 Å². The first-order valence-corrected chi connectivity index (χ1v) is 9.53. The SMILES string of the molecule is Cc1ccccc1C1=N/C(=C/c2ccc(OCc3ccccc3Cl)cc2)C(=O)O1. The second kappa shape index (κ2) is 8.33. The molecule has 1 aliphatic rings. The predicted octanol–water partition coefficient (Wildman–Crippen LogP) is 5.57. The highest BCUT2D eigenvalue weighted by molar-refractivity contribution is 6.31. The van der Waals surface area contributed by atoms with Gasteiger partial charge in [-0.2, -0.15) is 0 Å². The fourth-order valence-corrected chi connectivity index (χ4v) is 3.12. The van der Waals surface area contributed by atoms with Crippen molar-refractivity contribution in [3.05, 3.63) is 106 Å². The van der Waals surface area contributed by atoms with Crippen molar-refractivity contribution in [2.45, 2.75) is 13.5 Å². The fraction of sp³-hybridized carbons (Fsp3) is 0.0833. The standard InChI is InChI=1S/C24H18ClNO3/c1-16-6-2-4-8-20(16)23-26-22(24(27)29-23)14-17-10-12-19(13-11-17)28-15-18-7-3-5-9-21(18)25/h2-14H,15H2,1H3/b22-14+. The minimum absolute atomic E-state index is 0.271. The lowest BCUT2D eigenvalue weighted by atomic mass is 10.1. The van der Waals surface area contributed by atoms with Gasteiger partial charge in [0.15, 0.2) is 5.70 Å². The quantitative estimate of drug-likeness (QED) is 0.413. The number of esters is 1. The van der Waals surface area contributed by atoms with Gasteiger partial charge in [-0.3, -0.25) is 0 Å².